The second-order valence-corrected chi connectivity index (χ2v) is 6.38. The molecule has 136 valence electrons. The van der Waals surface area contributed by atoms with Gasteiger partial charge in [-0.25, -0.2) is 4.98 Å². The Bertz CT molecular complexity index is 874. The Morgan fingerprint density at radius 2 is 2.04 bits per heavy atom. The standard InChI is InChI=1S/C19H20N2O4S/c1-4-21(11-13-7-8-15(23-2)17(10-13)24-3)19(22)14-12-26-18(20-14)16-6-5-9-25-16/h5-10,12H,4,11H2,1-3H3. The predicted octanol–water partition coefficient (Wildman–Crippen LogP) is 4.08. The number of carbonyl (C=O) groups is 1. The van der Waals surface area contributed by atoms with Gasteiger partial charge in [0.05, 0.1) is 20.5 Å². The number of aromatic nitrogens is 1. The molecule has 2 aromatic heterocycles. The summed E-state index contributed by atoms with van der Waals surface area (Å²) in [6.45, 7) is 2.97. The lowest BCUT2D eigenvalue weighted by Crippen LogP contribution is -2.30. The molecule has 3 aromatic rings. The Kier molecular flexibility index (Phi) is 5.58. The summed E-state index contributed by atoms with van der Waals surface area (Å²) in [5, 5.41) is 2.46. The van der Waals surface area contributed by atoms with Crippen molar-refractivity contribution >= 4 is 17.2 Å². The van der Waals surface area contributed by atoms with Crippen molar-refractivity contribution in [1.29, 1.82) is 0 Å². The van der Waals surface area contributed by atoms with Crippen LogP contribution in [0.3, 0.4) is 0 Å². The zero-order chi connectivity index (χ0) is 18.5. The number of hydrogen-bond donors (Lipinski definition) is 0. The SMILES string of the molecule is CCN(Cc1ccc(OC)c(OC)c1)C(=O)c1csc(-c2ccco2)n1. The first kappa shape index (κ1) is 18.0. The van der Waals surface area contributed by atoms with Gasteiger partial charge in [-0.3, -0.25) is 4.79 Å². The van der Waals surface area contributed by atoms with Crippen LogP contribution in [-0.2, 0) is 6.54 Å². The molecule has 0 aliphatic rings. The van der Waals surface area contributed by atoms with E-state index in [2.05, 4.69) is 4.98 Å². The highest BCUT2D eigenvalue weighted by atomic mass is 32.1. The first-order valence-corrected chi connectivity index (χ1v) is 9.03. The molecule has 1 aromatic carbocycles. The zero-order valence-electron chi connectivity index (χ0n) is 14.9. The molecule has 0 aliphatic carbocycles. The Labute approximate surface area is 156 Å². The minimum atomic E-state index is -0.114. The van der Waals surface area contributed by atoms with Crippen LogP contribution >= 0.6 is 11.3 Å². The first-order valence-electron chi connectivity index (χ1n) is 8.15. The van der Waals surface area contributed by atoms with Crippen molar-refractivity contribution in [2.75, 3.05) is 20.8 Å². The van der Waals surface area contributed by atoms with Crippen LogP contribution in [0.15, 0.2) is 46.4 Å². The van der Waals surface area contributed by atoms with Gasteiger partial charge in [0.2, 0.25) is 0 Å². The van der Waals surface area contributed by atoms with E-state index in [9.17, 15) is 4.79 Å². The third-order valence-electron chi connectivity index (χ3n) is 3.95. The molecule has 6 nitrogen and oxygen atoms in total. The predicted molar refractivity (Wildman–Crippen MR) is 99.8 cm³/mol. The van der Waals surface area contributed by atoms with Crippen LogP contribution in [-0.4, -0.2) is 36.6 Å². The fraction of sp³-hybridized carbons (Fsp3) is 0.263. The van der Waals surface area contributed by atoms with Gasteiger partial charge in [0.1, 0.15) is 5.69 Å². The number of furan rings is 1. The van der Waals surface area contributed by atoms with Crippen molar-refractivity contribution in [2.24, 2.45) is 0 Å². The summed E-state index contributed by atoms with van der Waals surface area (Å²) in [6.07, 6.45) is 1.59. The van der Waals surface area contributed by atoms with Crippen LogP contribution in [0.25, 0.3) is 10.8 Å². The van der Waals surface area contributed by atoms with Crippen molar-refractivity contribution in [3.8, 4) is 22.3 Å². The molecular weight excluding hydrogens is 352 g/mol. The quantitative estimate of drug-likeness (QED) is 0.625. The second kappa shape index (κ2) is 8.05. The van der Waals surface area contributed by atoms with Crippen molar-refractivity contribution in [3.05, 3.63) is 53.2 Å². The lowest BCUT2D eigenvalue weighted by atomic mass is 10.2. The third-order valence-corrected chi connectivity index (χ3v) is 4.80. The minimum absolute atomic E-state index is 0.114. The minimum Gasteiger partial charge on any atom is -0.493 e. The van der Waals surface area contributed by atoms with Crippen LogP contribution in [0, 0.1) is 0 Å². The van der Waals surface area contributed by atoms with Crippen LogP contribution in [0.4, 0.5) is 0 Å². The number of benzene rings is 1. The summed E-state index contributed by atoms with van der Waals surface area (Å²) in [4.78, 5) is 19.0. The first-order chi connectivity index (χ1) is 12.7. The maximum Gasteiger partial charge on any atom is 0.273 e. The van der Waals surface area contributed by atoms with E-state index in [0.717, 1.165) is 5.56 Å². The summed E-state index contributed by atoms with van der Waals surface area (Å²) in [5.41, 5.74) is 1.38. The van der Waals surface area contributed by atoms with E-state index in [0.29, 0.717) is 41.1 Å². The maximum atomic E-state index is 12.8. The van der Waals surface area contributed by atoms with Gasteiger partial charge in [0, 0.05) is 18.5 Å². The highest BCUT2D eigenvalue weighted by Gasteiger charge is 2.19. The largest absolute Gasteiger partial charge is 0.493 e. The van der Waals surface area contributed by atoms with E-state index in [1.54, 1.807) is 36.8 Å². The molecular formula is C19H20N2O4S. The number of rotatable bonds is 7. The zero-order valence-corrected chi connectivity index (χ0v) is 15.7. The molecule has 2 heterocycles. The normalized spacial score (nSPS) is 10.6. The lowest BCUT2D eigenvalue weighted by Gasteiger charge is -2.20. The van der Waals surface area contributed by atoms with E-state index >= 15 is 0 Å². The number of carbonyl (C=O) groups excluding carboxylic acids is 1. The van der Waals surface area contributed by atoms with Crippen LogP contribution in [0.5, 0.6) is 11.5 Å². The van der Waals surface area contributed by atoms with E-state index in [4.69, 9.17) is 13.9 Å². The molecule has 0 spiro atoms. The molecule has 0 aliphatic heterocycles. The van der Waals surface area contributed by atoms with E-state index in [-0.39, 0.29) is 5.91 Å². The smallest absolute Gasteiger partial charge is 0.273 e. The number of ether oxygens (including phenoxy) is 2. The molecule has 0 unspecified atom stereocenters. The van der Waals surface area contributed by atoms with Crippen molar-refractivity contribution < 1.29 is 18.7 Å². The highest BCUT2D eigenvalue weighted by molar-refractivity contribution is 7.13. The molecule has 1 amide bonds. The van der Waals surface area contributed by atoms with E-state index in [1.165, 1.54) is 11.3 Å². The number of thiazole rings is 1. The van der Waals surface area contributed by atoms with Crippen LogP contribution in [0.1, 0.15) is 23.0 Å². The van der Waals surface area contributed by atoms with Crippen LogP contribution < -0.4 is 9.47 Å². The fourth-order valence-corrected chi connectivity index (χ4v) is 3.33. The Morgan fingerprint density at radius 1 is 1.23 bits per heavy atom. The van der Waals surface area contributed by atoms with Gasteiger partial charge < -0.3 is 18.8 Å². The van der Waals surface area contributed by atoms with E-state index < -0.39 is 0 Å². The molecule has 3 rings (SSSR count). The number of amides is 1. The topological polar surface area (TPSA) is 64.8 Å². The highest BCUT2D eigenvalue weighted by Crippen LogP contribution is 2.29. The average Bonchev–Trinajstić information content (AvgIpc) is 3.36. The Morgan fingerprint density at radius 3 is 2.69 bits per heavy atom. The molecule has 26 heavy (non-hydrogen) atoms. The molecule has 0 fully saturated rings. The van der Waals surface area contributed by atoms with Crippen molar-refractivity contribution in [3.63, 3.8) is 0 Å². The number of nitrogens with zero attached hydrogens (tertiary/aromatic N) is 2. The number of hydrogen-bond acceptors (Lipinski definition) is 6. The third kappa shape index (κ3) is 3.72. The molecule has 0 radical (unpaired) electrons. The number of methoxy groups -OCH3 is 2. The lowest BCUT2D eigenvalue weighted by molar-refractivity contribution is 0.0747. The Balaban J connectivity index is 1.77. The van der Waals surface area contributed by atoms with Gasteiger partial charge in [0.25, 0.3) is 5.91 Å². The van der Waals surface area contributed by atoms with Gasteiger partial charge in [-0.05, 0) is 36.8 Å². The molecule has 0 atom stereocenters. The monoisotopic (exact) mass is 372 g/mol. The summed E-state index contributed by atoms with van der Waals surface area (Å²) in [7, 11) is 3.19. The molecule has 0 saturated heterocycles. The van der Waals surface area contributed by atoms with Crippen LogP contribution in [0.2, 0.25) is 0 Å². The fourth-order valence-electron chi connectivity index (χ4n) is 2.57. The Hall–Kier alpha value is -2.80. The van der Waals surface area contributed by atoms with Gasteiger partial charge in [0.15, 0.2) is 22.3 Å². The molecule has 7 heteroatoms. The summed E-state index contributed by atoms with van der Waals surface area (Å²) in [6, 6.07) is 9.27. The summed E-state index contributed by atoms with van der Waals surface area (Å²) < 4.78 is 15.9. The molecule has 0 N–H and O–H groups in total. The second-order valence-electron chi connectivity index (χ2n) is 5.52. The van der Waals surface area contributed by atoms with Crippen molar-refractivity contribution in [2.45, 2.75) is 13.5 Å². The average molecular weight is 372 g/mol. The van der Waals surface area contributed by atoms with Gasteiger partial charge in [-0.2, -0.15) is 0 Å². The molecule has 0 saturated carbocycles. The maximum absolute atomic E-state index is 12.8. The van der Waals surface area contributed by atoms with Gasteiger partial charge in [-0.1, -0.05) is 6.07 Å². The molecule has 0 bridgehead atoms. The van der Waals surface area contributed by atoms with Crippen molar-refractivity contribution in [1.82, 2.24) is 9.88 Å². The summed E-state index contributed by atoms with van der Waals surface area (Å²) in [5.74, 6) is 1.85. The summed E-state index contributed by atoms with van der Waals surface area (Å²) >= 11 is 1.39. The van der Waals surface area contributed by atoms with Gasteiger partial charge in [-0.15, -0.1) is 11.3 Å². The van der Waals surface area contributed by atoms with E-state index in [1.807, 2.05) is 31.2 Å². The van der Waals surface area contributed by atoms with Gasteiger partial charge >= 0.3 is 0 Å².